The number of furan rings is 1. The largest absolute Gasteiger partial charge is 0.476 e. The Morgan fingerprint density at radius 1 is 1.17 bits per heavy atom. The third-order valence-corrected chi connectivity index (χ3v) is 3.35. The van der Waals surface area contributed by atoms with E-state index in [2.05, 4.69) is 19.9 Å². The second-order valence-corrected chi connectivity index (χ2v) is 4.90. The van der Waals surface area contributed by atoms with Crippen LogP contribution in [0.3, 0.4) is 0 Å². The van der Waals surface area contributed by atoms with E-state index in [1.54, 1.807) is 6.20 Å². The molecule has 0 unspecified atom stereocenters. The number of hydrogen-bond acceptors (Lipinski definition) is 7. The number of anilines is 1. The average molecular weight is 307 g/mol. The number of fused-ring (bicyclic) bond motifs is 2. The Balaban J connectivity index is 1.90. The molecule has 0 bridgehead atoms. The zero-order chi connectivity index (χ0) is 15.8. The molecule has 3 heterocycles. The van der Waals surface area contributed by atoms with Crippen molar-refractivity contribution in [3.63, 3.8) is 0 Å². The zero-order valence-corrected chi connectivity index (χ0v) is 12.4. The molecule has 0 aliphatic rings. The molecule has 0 amide bonds. The van der Waals surface area contributed by atoms with E-state index in [0.717, 1.165) is 11.0 Å². The molecule has 0 radical (unpaired) electrons. The summed E-state index contributed by atoms with van der Waals surface area (Å²) in [5.74, 6) is 1.05. The minimum Gasteiger partial charge on any atom is -0.476 e. The molecule has 0 fully saturated rings. The van der Waals surface area contributed by atoms with Crippen LogP contribution in [-0.2, 0) is 0 Å². The van der Waals surface area contributed by atoms with E-state index in [9.17, 15) is 0 Å². The van der Waals surface area contributed by atoms with Crippen LogP contribution in [0.1, 0.15) is 6.92 Å². The van der Waals surface area contributed by atoms with E-state index in [1.165, 1.54) is 0 Å². The number of nitrogens with zero attached hydrogens (tertiary/aromatic N) is 4. The Kier molecular flexibility index (Phi) is 3.04. The Morgan fingerprint density at radius 2 is 2.04 bits per heavy atom. The first-order valence-corrected chi connectivity index (χ1v) is 7.16. The third kappa shape index (κ3) is 2.32. The van der Waals surface area contributed by atoms with Crippen molar-refractivity contribution in [1.82, 2.24) is 19.9 Å². The van der Waals surface area contributed by atoms with Gasteiger partial charge in [0, 0.05) is 5.39 Å². The van der Waals surface area contributed by atoms with Gasteiger partial charge in [-0.05, 0) is 19.1 Å². The molecule has 0 spiro atoms. The predicted molar refractivity (Wildman–Crippen MR) is 85.9 cm³/mol. The summed E-state index contributed by atoms with van der Waals surface area (Å²) in [4.78, 5) is 17.0. The lowest BCUT2D eigenvalue weighted by Gasteiger charge is -2.06. The molecule has 3 aromatic heterocycles. The van der Waals surface area contributed by atoms with Crippen molar-refractivity contribution in [3.8, 4) is 17.3 Å². The van der Waals surface area contributed by atoms with E-state index >= 15 is 0 Å². The van der Waals surface area contributed by atoms with E-state index in [-0.39, 0.29) is 5.95 Å². The fraction of sp³-hybridized carbons (Fsp3) is 0.125. The molecule has 0 saturated heterocycles. The van der Waals surface area contributed by atoms with Gasteiger partial charge in [0.1, 0.15) is 11.3 Å². The summed E-state index contributed by atoms with van der Waals surface area (Å²) in [7, 11) is 0. The second kappa shape index (κ2) is 5.20. The van der Waals surface area contributed by atoms with Crippen LogP contribution < -0.4 is 10.5 Å². The van der Waals surface area contributed by atoms with Crippen LogP contribution in [0.2, 0.25) is 0 Å². The molecule has 0 saturated carbocycles. The molecule has 0 aliphatic carbocycles. The van der Waals surface area contributed by atoms with Crippen LogP contribution in [0.25, 0.3) is 33.6 Å². The molecule has 23 heavy (non-hydrogen) atoms. The molecule has 4 rings (SSSR count). The summed E-state index contributed by atoms with van der Waals surface area (Å²) < 4.78 is 11.3. The van der Waals surface area contributed by atoms with E-state index in [1.807, 2.05) is 37.3 Å². The lowest BCUT2D eigenvalue weighted by Crippen LogP contribution is -2.04. The monoisotopic (exact) mass is 307 g/mol. The third-order valence-electron chi connectivity index (χ3n) is 3.35. The molecule has 0 aliphatic heterocycles. The number of hydrogen-bond donors (Lipinski definition) is 1. The maximum Gasteiger partial charge on any atom is 0.247 e. The summed E-state index contributed by atoms with van der Waals surface area (Å²) in [6.45, 7) is 2.31. The van der Waals surface area contributed by atoms with Crippen molar-refractivity contribution < 1.29 is 9.15 Å². The highest BCUT2D eigenvalue weighted by Crippen LogP contribution is 2.28. The van der Waals surface area contributed by atoms with Crippen molar-refractivity contribution in [1.29, 1.82) is 0 Å². The lowest BCUT2D eigenvalue weighted by molar-refractivity contribution is 0.330. The van der Waals surface area contributed by atoms with Crippen molar-refractivity contribution in [3.05, 3.63) is 36.5 Å². The van der Waals surface area contributed by atoms with Gasteiger partial charge in [-0.3, -0.25) is 0 Å². The normalized spacial score (nSPS) is 11.2. The van der Waals surface area contributed by atoms with Crippen LogP contribution in [0, 0.1) is 0 Å². The first-order valence-electron chi connectivity index (χ1n) is 7.16. The first-order chi connectivity index (χ1) is 11.2. The molecule has 7 heteroatoms. The molecule has 1 aromatic carbocycles. The van der Waals surface area contributed by atoms with Gasteiger partial charge in [0.05, 0.1) is 12.8 Å². The smallest absolute Gasteiger partial charge is 0.247 e. The van der Waals surface area contributed by atoms with Crippen molar-refractivity contribution in [2.24, 2.45) is 0 Å². The van der Waals surface area contributed by atoms with Gasteiger partial charge in [0.25, 0.3) is 0 Å². The standard InChI is InChI=1S/C16H13N5O2/c1-2-22-15-13-14(20-16(17)21-15)18-8-10(19-13)12-7-9-5-3-4-6-11(9)23-12/h3-8H,2H2,1H3,(H2,17,18,20,21). The van der Waals surface area contributed by atoms with E-state index < -0.39 is 0 Å². The Hall–Kier alpha value is -3.22. The second-order valence-electron chi connectivity index (χ2n) is 4.90. The Morgan fingerprint density at radius 3 is 2.87 bits per heavy atom. The predicted octanol–water partition coefficient (Wildman–Crippen LogP) is 2.81. The maximum absolute atomic E-state index is 5.82. The Bertz CT molecular complexity index is 979. The van der Waals surface area contributed by atoms with Gasteiger partial charge in [-0.1, -0.05) is 18.2 Å². The number of aromatic nitrogens is 4. The van der Waals surface area contributed by atoms with Crippen LogP contribution in [0.4, 0.5) is 5.95 Å². The van der Waals surface area contributed by atoms with Crippen LogP contribution >= 0.6 is 0 Å². The number of rotatable bonds is 3. The topological polar surface area (TPSA) is 100.0 Å². The number of nitrogens with two attached hydrogens (primary N) is 1. The van der Waals surface area contributed by atoms with Gasteiger partial charge in [0.2, 0.25) is 11.8 Å². The van der Waals surface area contributed by atoms with Gasteiger partial charge in [0.15, 0.2) is 16.9 Å². The molecule has 114 valence electrons. The van der Waals surface area contributed by atoms with Crippen LogP contribution in [-0.4, -0.2) is 26.5 Å². The fourth-order valence-corrected chi connectivity index (χ4v) is 2.36. The molecule has 7 nitrogen and oxygen atoms in total. The summed E-state index contributed by atoms with van der Waals surface area (Å²) in [5, 5.41) is 1.00. The Labute approximate surface area is 131 Å². The zero-order valence-electron chi connectivity index (χ0n) is 12.4. The first kappa shape index (κ1) is 13.4. The molecule has 0 atom stereocenters. The van der Waals surface area contributed by atoms with Gasteiger partial charge >= 0.3 is 0 Å². The SMILES string of the molecule is CCOc1nc(N)nc2ncc(-c3cc4ccccc4o3)nc12. The number of benzene rings is 1. The molecule has 4 aromatic rings. The summed E-state index contributed by atoms with van der Waals surface area (Å²) in [6, 6.07) is 9.68. The van der Waals surface area contributed by atoms with Crippen LogP contribution in [0.5, 0.6) is 5.88 Å². The lowest BCUT2D eigenvalue weighted by atomic mass is 10.2. The maximum atomic E-state index is 5.82. The number of para-hydroxylation sites is 1. The number of ether oxygens (including phenoxy) is 1. The van der Waals surface area contributed by atoms with Crippen LogP contribution in [0.15, 0.2) is 40.9 Å². The fourth-order valence-electron chi connectivity index (χ4n) is 2.36. The highest BCUT2D eigenvalue weighted by atomic mass is 16.5. The van der Waals surface area contributed by atoms with Gasteiger partial charge in [-0.2, -0.15) is 9.97 Å². The quantitative estimate of drug-likeness (QED) is 0.621. The molecular formula is C16H13N5O2. The van der Waals surface area contributed by atoms with Gasteiger partial charge in [-0.15, -0.1) is 0 Å². The minimum atomic E-state index is 0.103. The van der Waals surface area contributed by atoms with Crippen molar-refractivity contribution >= 4 is 28.1 Å². The molecule has 2 N–H and O–H groups in total. The molecular weight excluding hydrogens is 294 g/mol. The van der Waals surface area contributed by atoms with Crippen molar-refractivity contribution in [2.45, 2.75) is 6.92 Å². The highest BCUT2D eigenvalue weighted by molar-refractivity contribution is 5.84. The van der Waals surface area contributed by atoms with E-state index in [4.69, 9.17) is 14.9 Å². The summed E-state index contributed by atoms with van der Waals surface area (Å²) in [6.07, 6.45) is 1.60. The van der Waals surface area contributed by atoms with Gasteiger partial charge < -0.3 is 14.9 Å². The average Bonchev–Trinajstić information content (AvgIpc) is 2.99. The van der Waals surface area contributed by atoms with E-state index in [0.29, 0.717) is 35.1 Å². The van der Waals surface area contributed by atoms with Crippen molar-refractivity contribution in [2.75, 3.05) is 12.3 Å². The minimum absolute atomic E-state index is 0.103. The highest BCUT2D eigenvalue weighted by Gasteiger charge is 2.14. The summed E-state index contributed by atoms with van der Waals surface area (Å²) >= 11 is 0. The number of nitrogen functional groups attached to an aromatic ring is 1. The van der Waals surface area contributed by atoms with Gasteiger partial charge in [-0.25, -0.2) is 9.97 Å². The summed E-state index contributed by atoms with van der Waals surface area (Å²) in [5.41, 5.74) is 7.89.